The highest BCUT2D eigenvalue weighted by molar-refractivity contribution is 9.10. The van der Waals surface area contributed by atoms with Gasteiger partial charge in [-0.15, -0.1) is 0 Å². The Morgan fingerprint density at radius 1 is 1.21 bits per heavy atom. The molecule has 0 amide bonds. The molecule has 0 aliphatic carbocycles. The van der Waals surface area contributed by atoms with Gasteiger partial charge in [-0.3, -0.25) is 9.36 Å². The van der Waals surface area contributed by atoms with Crippen molar-refractivity contribution in [3.8, 4) is 17.1 Å². The lowest BCUT2D eigenvalue weighted by Crippen LogP contribution is -2.39. The molecule has 1 aliphatic rings. The van der Waals surface area contributed by atoms with E-state index in [1.54, 1.807) is 39.2 Å². The minimum absolute atomic E-state index is 0.200. The topological polar surface area (TPSA) is 83.0 Å². The molecule has 0 fully saturated rings. The molecular formula is C29H24BrClN2O5S. The van der Waals surface area contributed by atoms with Gasteiger partial charge < -0.3 is 13.9 Å². The summed E-state index contributed by atoms with van der Waals surface area (Å²) < 4.78 is 19.5. The molecule has 200 valence electrons. The van der Waals surface area contributed by atoms with E-state index in [1.165, 1.54) is 15.9 Å². The summed E-state index contributed by atoms with van der Waals surface area (Å²) in [5.41, 5.74) is 3.13. The van der Waals surface area contributed by atoms with Crippen LogP contribution in [0.15, 0.2) is 78.5 Å². The first-order valence-corrected chi connectivity index (χ1v) is 14.1. The maximum absolute atomic E-state index is 13.8. The zero-order valence-electron chi connectivity index (χ0n) is 21.6. The van der Waals surface area contributed by atoms with E-state index in [-0.39, 0.29) is 12.2 Å². The number of thiazole rings is 1. The summed E-state index contributed by atoms with van der Waals surface area (Å²) in [6, 6.07) is 14.0. The molecule has 39 heavy (non-hydrogen) atoms. The molecule has 10 heteroatoms. The van der Waals surface area contributed by atoms with Gasteiger partial charge in [-0.1, -0.05) is 35.1 Å². The summed E-state index contributed by atoms with van der Waals surface area (Å²) in [6.07, 6.45) is 1.69. The molecular weight excluding hydrogens is 604 g/mol. The summed E-state index contributed by atoms with van der Waals surface area (Å²) in [6.45, 7) is 5.67. The Kier molecular flexibility index (Phi) is 7.66. The van der Waals surface area contributed by atoms with Crippen LogP contribution in [0, 0.1) is 6.92 Å². The molecule has 0 radical (unpaired) electrons. The van der Waals surface area contributed by atoms with Crippen molar-refractivity contribution >= 4 is 50.9 Å². The summed E-state index contributed by atoms with van der Waals surface area (Å²) >= 11 is 10.9. The van der Waals surface area contributed by atoms with Crippen molar-refractivity contribution in [2.75, 3.05) is 13.7 Å². The summed E-state index contributed by atoms with van der Waals surface area (Å²) in [7, 11) is 1.57. The number of benzene rings is 2. The number of allylic oxidation sites excluding steroid dienone is 1. The smallest absolute Gasteiger partial charge is 0.338 e. The van der Waals surface area contributed by atoms with Crippen LogP contribution >= 0.6 is 38.9 Å². The maximum Gasteiger partial charge on any atom is 0.338 e. The number of furan rings is 1. The van der Waals surface area contributed by atoms with Gasteiger partial charge >= 0.3 is 5.97 Å². The molecule has 0 spiro atoms. The summed E-state index contributed by atoms with van der Waals surface area (Å²) in [4.78, 5) is 32.0. The largest absolute Gasteiger partial charge is 0.496 e. The number of carbonyl (C=O) groups is 1. The third-order valence-electron chi connectivity index (χ3n) is 6.37. The number of hydrogen-bond acceptors (Lipinski definition) is 7. The number of aryl methyl sites for hydroxylation is 1. The van der Waals surface area contributed by atoms with Gasteiger partial charge in [0.25, 0.3) is 5.56 Å². The van der Waals surface area contributed by atoms with Gasteiger partial charge in [-0.2, -0.15) is 0 Å². The Morgan fingerprint density at radius 2 is 2.00 bits per heavy atom. The lowest BCUT2D eigenvalue weighted by atomic mass is 9.96. The number of esters is 1. The molecule has 2 aromatic carbocycles. The second-order valence-electron chi connectivity index (χ2n) is 8.86. The predicted octanol–water partition coefficient (Wildman–Crippen LogP) is 5.79. The maximum atomic E-state index is 13.8. The van der Waals surface area contributed by atoms with E-state index in [2.05, 4.69) is 20.9 Å². The molecule has 4 aromatic rings. The van der Waals surface area contributed by atoms with Gasteiger partial charge in [0.05, 0.1) is 40.0 Å². The van der Waals surface area contributed by atoms with Crippen LogP contribution < -0.4 is 19.6 Å². The van der Waals surface area contributed by atoms with Crippen LogP contribution in [0.2, 0.25) is 5.02 Å². The van der Waals surface area contributed by atoms with Crippen LogP contribution in [-0.4, -0.2) is 24.3 Å². The fourth-order valence-electron chi connectivity index (χ4n) is 4.52. The number of ether oxygens (including phenoxy) is 2. The molecule has 0 saturated carbocycles. The van der Waals surface area contributed by atoms with Gasteiger partial charge in [0.2, 0.25) is 0 Å². The van der Waals surface area contributed by atoms with E-state index in [0.717, 1.165) is 11.1 Å². The molecule has 7 nitrogen and oxygen atoms in total. The van der Waals surface area contributed by atoms with Crippen molar-refractivity contribution in [3.63, 3.8) is 0 Å². The molecule has 1 atom stereocenters. The Bertz CT molecular complexity index is 1820. The number of fused-ring (bicyclic) bond motifs is 1. The first kappa shape index (κ1) is 27.2. The predicted molar refractivity (Wildman–Crippen MR) is 155 cm³/mol. The summed E-state index contributed by atoms with van der Waals surface area (Å²) in [5, 5.41) is 0.611. The Hall–Kier alpha value is -3.40. The van der Waals surface area contributed by atoms with E-state index in [4.69, 9.17) is 25.5 Å². The Labute approximate surface area is 241 Å². The zero-order chi connectivity index (χ0) is 27.8. The quantitative estimate of drug-likeness (QED) is 0.253. The molecule has 0 unspecified atom stereocenters. The van der Waals surface area contributed by atoms with Crippen LogP contribution in [0.4, 0.5) is 0 Å². The van der Waals surface area contributed by atoms with Gasteiger partial charge in [-0.25, -0.2) is 9.79 Å². The van der Waals surface area contributed by atoms with E-state index in [9.17, 15) is 9.59 Å². The second-order valence-corrected chi connectivity index (χ2v) is 11.2. The molecule has 0 bridgehead atoms. The lowest BCUT2D eigenvalue weighted by Gasteiger charge is -2.25. The third kappa shape index (κ3) is 5.14. The number of aromatic nitrogens is 1. The average Bonchev–Trinajstić information content (AvgIpc) is 3.49. The summed E-state index contributed by atoms with van der Waals surface area (Å²) in [5.74, 6) is 1.28. The minimum Gasteiger partial charge on any atom is -0.496 e. The average molecular weight is 628 g/mol. The molecule has 2 aromatic heterocycles. The highest BCUT2D eigenvalue weighted by atomic mass is 79.9. The molecule has 5 rings (SSSR count). The van der Waals surface area contributed by atoms with Crippen LogP contribution in [-0.2, 0) is 9.53 Å². The van der Waals surface area contributed by atoms with E-state index in [0.29, 0.717) is 52.9 Å². The number of carbonyl (C=O) groups excluding carboxylic acids is 1. The van der Waals surface area contributed by atoms with Crippen molar-refractivity contribution < 1.29 is 18.7 Å². The first-order valence-electron chi connectivity index (χ1n) is 12.1. The number of methoxy groups -OCH3 is 1. The molecule has 0 saturated heterocycles. The molecule has 3 heterocycles. The van der Waals surface area contributed by atoms with E-state index < -0.39 is 12.0 Å². The minimum atomic E-state index is -0.731. The van der Waals surface area contributed by atoms with Crippen LogP contribution in [0.25, 0.3) is 17.4 Å². The molecule has 0 N–H and O–H groups in total. The van der Waals surface area contributed by atoms with Crippen LogP contribution in [0.1, 0.15) is 36.8 Å². The van der Waals surface area contributed by atoms with Crippen LogP contribution in [0.5, 0.6) is 5.75 Å². The third-order valence-corrected chi connectivity index (χ3v) is 8.21. The van der Waals surface area contributed by atoms with E-state index >= 15 is 0 Å². The van der Waals surface area contributed by atoms with Crippen molar-refractivity contribution in [1.82, 2.24) is 4.57 Å². The fourth-order valence-corrected chi connectivity index (χ4v) is 6.28. The van der Waals surface area contributed by atoms with Crippen LogP contribution in [0.3, 0.4) is 0 Å². The number of rotatable bonds is 6. The SMILES string of the molecule is CCOC(=O)C1=C(C)N=c2s/c(=C/c3ccc(-c4cc(Cl)ccc4C)o3)c(=O)n2[C@@H]1c1ccc(OC)c(Br)c1. The van der Waals surface area contributed by atoms with Crippen molar-refractivity contribution in [3.05, 3.63) is 106 Å². The lowest BCUT2D eigenvalue weighted by molar-refractivity contribution is -0.139. The Balaban J connectivity index is 1.65. The highest BCUT2D eigenvalue weighted by Crippen LogP contribution is 2.35. The van der Waals surface area contributed by atoms with Gasteiger partial charge in [0.1, 0.15) is 17.3 Å². The van der Waals surface area contributed by atoms with Gasteiger partial charge in [0, 0.05) is 16.7 Å². The highest BCUT2D eigenvalue weighted by Gasteiger charge is 2.33. The first-order chi connectivity index (χ1) is 18.7. The number of hydrogen-bond donors (Lipinski definition) is 0. The Morgan fingerprint density at radius 3 is 2.72 bits per heavy atom. The second kappa shape index (κ2) is 11.0. The standard InChI is InChI=1S/C29H24BrClN2O5S/c1-5-37-28(35)25-16(3)32-29-33(26(25)17-7-10-23(36-4)21(30)12-17)27(34)24(39-29)14-19-9-11-22(38-19)20-13-18(31)8-6-15(20)2/h6-14,26H,5H2,1-4H3/b24-14+/t26-/m1/s1. The monoisotopic (exact) mass is 626 g/mol. The van der Waals surface area contributed by atoms with Crippen molar-refractivity contribution in [2.24, 2.45) is 4.99 Å². The van der Waals surface area contributed by atoms with Gasteiger partial charge in [-0.05, 0) is 84.2 Å². The van der Waals surface area contributed by atoms with Gasteiger partial charge in [0.15, 0.2) is 4.80 Å². The number of halogens is 2. The molecule has 1 aliphatic heterocycles. The normalized spacial score (nSPS) is 15.2. The van der Waals surface area contributed by atoms with Crippen molar-refractivity contribution in [1.29, 1.82) is 0 Å². The van der Waals surface area contributed by atoms with Crippen molar-refractivity contribution in [2.45, 2.75) is 26.8 Å². The van der Waals surface area contributed by atoms with E-state index in [1.807, 2.05) is 43.3 Å². The zero-order valence-corrected chi connectivity index (χ0v) is 24.7. The number of nitrogens with zero attached hydrogens (tertiary/aromatic N) is 2. The fraction of sp³-hybridized carbons (Fsp3) is 0.207.